The van der Waals surface area contributed by atoms with Crippen LogP contribution in [0.25, 0.3) is 0 Å². The lowest BCUT2D eigenvalue weighted by Crippen LogP contribution is -2.28. The van der Waals surface area contributed by atoms with E-state index in [1.54, 1.807) is 19.1 Å². The first-order valence-electron chi connectivity index (χ1n) is 5.82. The normalized spacial score (nSPS) is 19.8. The highest BCUT2D eigenvalue weighted by Crippen LogP contribution is 2.16. The summed E-state index contributed by atoms with van der Waals surface area (Å²) >= 11 is 0. The van der Waals surface area contributed by atoms with Gasteiger partial charge in [0.05, 0.1) is 6.10 Å². The second-order valence-corrected chi connectivity index (χ2v) is 3.29. The molecule has 1 aromatic carbocycles. The number of benzene rings is 1. The molecule has 0 aliphatic carbocycles. The minimum atomic E-state index is -2.23. The van der Waals surface area contributed by atoms with Crippen LogP contribution in [0.4, 0.5) is 0 Å². The van der Waals surface area contributed by atoms with Crippen molar-refractivity contribution in [3.8, 4) is 0 Å². The van der Waals surface area contributed by atoms with Crippen LogP contribution in [0.2, 0.25) is 0 Å². The second kappa shape index (κ2) is 4.40. The quantitative estimate of drug-likeness (QED) is 0.698. The third-order valence-electron chi connectivity index (χ3n) is 2.12. The van der Waals surface area contributed by atoms with E-state index >= 15 is 0 Å². The molecule has 0 heterocycles. The lowest BCUT2D eigenvalue weighted by atomic mass is 10.0. The summed E-state index contributed by atoms with van der Waals surface area (Å²) in [6.45, 7) is 1.38. The van der Waals surface area contributed by atoms with Crippen LogP contribution in [0.5, 0.6) is 0 Å². The van der Waals surface area contributed by atoms with Gasteiger partial charge in [-0.05, 0) is 26.4 Å². The van der Waals surface area contributed by atoms with Gasteiger partial charge in [0, 0.05) is 10.2 Å². The van der Waals surface area contributed by atoms with Crippen molar-refractivity contribution in [2.24, 2.45) is 0 Å². The van der Waals surface area contributed by atoms with Crippen molar-refractivity contribution in [3.63, 3.8) is 0 Å². The topological polar surface area (TPSA) is 32.3 Å². The summed E-state index contributed by atoms with van der Waals surface area (Å²) in [6.07, 6.45) is -0.818. The number of nitrogens with one attached hydrogen (secondary N) is 1. The molecule has 72 valence electrons. The van der Waals surface area contributed by atoms with E-state index in [1.165, 1.54) is 0 Å². The molecule has 0 saturated carbocycles. The number of rotatable bonds is 3. The Balaban J connectivity index is 2.70. The molecule has 2 N–H and O–H groups in total. The molecule has 1 rings (SSSR count). The van der Waals surface area contributed by atoms with Crippen LogP contribution in [0.15, 0.2) is 24.3 Å². The van der Waals surface area contributed by atoms with Crippen LogP contribution in [0, 0.1) is 6.92 Å². The molecule has 0 fully saturated rings. The largest absolute Gasteiger partial charge is 0.387 e. The predicted molar refractivity (Wildman–Crippen MR) is 54.7 cm³/mol. The first-order chi connectivity index (χ1) is 7.29. The summed E-state index contributed by atoms with van der Waals surface area (Å²) in [4.78, 5) is 0. The van der Waals surface area contributed by atoms with E-state index in [1.807, 2.05) is 19.1 Å². The third kappa shape index (κ3) is 2.54. The highest BCUT2D eigenvalue weighted by molar-refractivity contribution is 5.23. The number of aryl methyl sites for hydroxylation is 1. The van der Waals surface area contributed by atoms with Crippen molar-refractivity contribution in [2.75, 3.05) is 6.98 Å². The molecule has 0 radical (unpaired) electrons. The van der Waals surface area contributed by atoms with Gasteiger partial charge in [-0.25, -0.2) is 0 Å². The fourth-order valence-corrected chi connectivity index (χ4v) is 1.13. The molecule has 0 aromatic heterocycles. The van der Waals surface area contributed by atoms with Gasteiger partial charge in [-0.1, -0.05) is 29.8 Å². The number of likely N-dealkylation sites (N-methyl/N-ethyl adjacent to an activating group) is 1. The van der Waals surface area contributed by atoms with E-state index in [2.05, 4.69) is 5.32 Å². The molecule has 0 spiro atoms. The summed E-state index contributed by atoms with van der Waals surface area (Å²) in [5, 5.41) is 12.3. The maximum atomic E-state index is 9.93. The summed E-state index contributed by atoms with van der Waals surface area (Å²) in [5.41, 5.74) is 1.82. The van der Waals surface area contributed by atoms with Gasteiger partial charge in [-0.2, -0.15) is 0 Å². The van der Waals surface area contributed by atoms with Gasteiger partial charge in [-0.3, -0.25) is 0 Å². The van der Waals surface area contributed by atoms with Gasteiger partial charge in [-0.15, -0.1) is 0 Å². The van der Waals surface area contributed by atoms with Crippen LogP contribution in [-0.2, 0) is 0 Å². The number of hydrogen-bond acceptors (Lipinski definition) is 2. The Morgan fingerprint density at radius 1 is 1.38 bits per heavy atom. The van der Waals surface area contributed by atoms with Crippen molar-refractivity contribution in [3.05, 3.63) is 35.4 Å². The Morgan fingerprint density at radius 3 is 2.54 bits per heavy atom. The van der Waals surface area contributed by atoms with Crippen molar-refractivity contribution in [1.29, 1.82) is 0 Å². The molecule has 0 saturated heterocycles. The van der Waals surface area contributed by atoms with E-state index in [4.69, 9.17) is 4.11 Å². The lowest BCUT2D eigenvalue weighted by Gasteiger charge is -2.18. The summed E-state index contributed by atoms with van der Waals surface area (Å²) in [7, 11) is 0. The zero-order valence-corrected chi connectivity index (χ0v) is 7.91. The zero-order chi connectivity index (χ0) is 12.3. The summed E-state index contributed by atoms with van der Waals surface area (Å²) in [6, 6.07) is 6.87. The SMILES string of the molecule is [2H][13C]([2H])([2H])NC(C)C(O)c1ccc(C)cc1. The van der Waals surface area contributed by atoms with E-state index < -0.39 is 19.1 Å². The van der Waals surface area contributed by atoms with Crippen LogP contribution in [0.3, 0.4) is 0 Å². The van der Waals surface area contributed by atoms with Gasteiger partial charge in [0.25, 0.3) is 0 Å². The number of aliphatic hydroxyl groups excluding tert-OH is 1. The molecule has 2 atom stereocenters. The average Bonchev–Trinajstić information content (AvgIpc) is 2.15. The van der Waals surface area contributed by atoms with Gasteiger partial charge in [0.15, 0.2) is 0 Å². The average molecular weight is 183 g/mol. The lowest BCUT2D eigenvalue weighted by molar-refractivity contribution is 0.140. The summed E-state index contributed by atoms with van der Waals surface area (Å²) < 4.78 is 21.2. The molecular weight excluding hydrogens is 163 g/mol. The van der Waals surface area contributed by atoms with E-state index in [-0.39, 0.29) is 0 Å². The van der Waals surface area contributed by atoms with Gasteiger partial charge in [0.2, 0.25) is 0 Å². The highest BCUT2D eigenvalue weighted by Gasteiger charge is 2.13. The van der Waals surface area contributed by atoms with Crippen molar-refractivity contribution in [1.82, 2.24) is 5.32 Å². The minimum absolute atomic E-state index is 0.518. The maximum absolute atomic E-state index is 9.93. The van der Waals surface area contributed by atoms with E-state index in [9.17, 15) is 5.11 Å². The first kappa shape index (κ1) is 6.57. The predicted octanol–water partition coefficient (Wildman–Crippen LogP) is 1.64. The Hall–Kier alpha value is -0.860. The smallest absolute Gasteiger partial charge is 0.0940 e. The van der Waals surface area contributed by atoms with E-state index in [0.717, 1.165) is 11.1 Å². The standard InChI is InChI=1S/C11H17NO/c1-8-4-6-10(7-5-8)11(13)9(2)12-3/h4-7,9,11-13H,1-3H3/i3+1D3. The zero-order valence-electron chi connectivity index (χ0n) is 10.9. The molecule has 2 unspecified atom stereocenters. The Morgan fingerprint density at radius 2 is 2.00 bits per heavy atom. The van der Waals surface area contributed by atoms with Gasteiger partial charge < -0.3 is 10.4 Å². The van der Waals surface area contributed by atoms with Crippen molar-refractivity contribution >= 4 is 0 Å². The molecule has 0 bridgehead atoms. The molecule has 0 aliphatic heterocycles. The van der Waals surface area contributed by atoms with Crippen LogP contribution < -0.4 is 5.32 Å². The molecular formula is C11H17NO. The first-order valence-corrected chi connectivity index (χ1v) is 4.32. The van der Waals surface area contributed by atoms with E-state index in [0.29, 0.717) is 0 Å². The molecule has 0 aliphatic rings. The Bertz CT molecular complexity index is 334. The fraction of sp³-hybridized carbons (Fsp3) is 0.455. The molecule has 2 nitrogen and oxygen atoms in total. The second-order valence-electron chi connectivity index (χ2n) is 3.29. The number of aliphatic hydroxyl groups is 1. The molecule has 13 heavy (non-hydrogen) atoms. The monoisotopic (exact) mass is 183 g/mol. The fourth-order valence-electron chi connectivity index (χ4n) is 1.13. The summed E-state index contributed by atoms with van der Waals surface area (Å²) in [5.74, 6) is 0. The third-order valence-corrected chi connectivity index (χ3v) is 2.12. The van der Waals surface area contributed by atoms with Crippen molar-refractivity contribution < 1.29 is 9.22 Å². The number of hydrogen-bond donors (Lipinski definition) is 2. The van der Waals surface area contributed by atoms with Gasteiger partial charge >= 0.3 is 0 Å². The van der Waals surface area contributed by atoms with Gasteiger partial charge in [0.1, 0.15) is 0 Å². The van der Waals surface area contributed by atoms with Crippen LogP contribution in [-0.4, -0.2) is 18.1 Å². The molecule has 0 amide bonds. The van der Waals surface area contributed by atoms with Crippen molar-refractivity contribution in [2.45, 2.75) is 26.0 Å². The Labute approximate surface area is 83.8 Å². The maximum Gasteiger partial charge on any atom is 0.0940 e. The minimum Gasteiger partial charge on any atom is -0.387 e. The highest BCUT2D eigenvalue weighted by atomic mass is 16.3. The molecule has 2 heteroatoms. The molecule has 1 aromatic rings. The van der Waals surface area contributed by atoms with Crippen LogP contribution in [0.1, 0.15) is 28.3 Å². The Kier molecular flexibility index (Phi) is 2.22. The van der Waals surface area contributed by atoms with Crippen LogP contribution >= 0.6 is 0 Å².